The molecule has 3 atom stereocenters. The third kappa shape index (κ3) is 5.93. The fourth-order valence-corrected chi connectivity index (χ4v) is 4.61. The Kier molecular flexibility index (Phi) is 8.77. The van der Waals surface area contributed by atoms with Gasteiger partial charge in [0.1, 0.15) is 17.5 Å². The van der Waals surface area contributed by atoms with E-state index in [1.807, 2.05) is 0 Å². The molecule has 0 bridgehead atoms. The summed E-state index contributed by atoms with van der Waals surface area (Å²) in [6.45, 7) is 5.47. The van der Waals surface area contributed by atoms with Crippen molar-refractivity contribution >= 4 is 27.6 Å². The Bertz CT molecular complexity index is 965. The summed E-state index contributed by atoms with van der Waals surface area (Å²) in [5.74, 6) is 0.882. The minimum Gasteiger partial charge on any atom is -0.376 e. The summed E-state index contributed by atoms with van der Waals surface area (Å²) < 4.78 is 47.4. The number of hydrogen-bond acceptors (Lipinski definition) is 9. The van der Waals surface area contributed by atoms with Crippen molar-refractivity contribution in [3.8, 4) is 0 Å². The number of rotatable bonds is 11. The second-order valence-corrected chi connectivity index (χ2v) is 9.92. The van der Waals surface area contributed by atoms with E-state index >= 15 is 0 Å². The summed E-state index contributed by atoms with van der Waals surface area (Å²) in [5, 5.41) is 7.64. The Balaban J connectivity index is 1.84. The van der Waals surface area contributed by atoms with Crippen LogP contribution in [-0.2, 0) is 30.8 Å². The Morgan fingerprint density at radius 1 is 1.28 bits per heavy atom. The zero-order valence-electron chi connectivity index (χ0n) is 18.4. The average molecular weight is 489 g/mol. The smallest absolute Gasteiger partial charge is 0.240 e. The highest BCUT2D eigenvalue weighted by atomic mass is 35.5. The predicted molar refractivity (Wildman–Crippen MR) is 118 cm³/mol. The molecule has 2 aromatic heterocycles. The van der Waals surface area contributed by atoms with Crippen molar-refractivity contribution in [3.63, 3.8) is 0 Å². The van der Waals surface area contributed by atoms with Gasteiger partial charge in [0, 0.05) is 26.0 Å². The maximum atomic E-state index is 13.2. The molecule has 13 heteroatoms. The van der Waals surface area contributed by atoms with Crippen LogP contribution in [-0.4, -0.2) is 65.3 Å². The van der Waals surface area contributed by atoms with E-state index in [-0.39, 0.29) is 11.8 Å². The number of hydrogen-bond donors (Lipinski definition) is 1. The van der Waals surface area contributed by atoms with Crippen LogP contribution in [0, 0.1) is 0 Å². The van der Waals surface area contributed by atoms with Gasteiger partial charge in [-0.25, -0.2) is 18.4 Å². The van der Waals surface area contributed by atoms with Crippen LogP contribution in [0.3, 0.4) is 0 Å². The lowest BCUT2D eigenvalue weighted by molar-refractivity contribution is -0.0947. The Hall–Kier alpha value is -1.86. The predicted octanol–water partition coefficient (Wildman–Crippen LogP) is 2.52. The highest BCUT2D eigenvalue weighted by Gasteiger charge is 2.35. The van der Waals surface area contributed by atoms with Gasteiger partial charge in [-0.3, -0.25) is 9.29 Å². The Morgan fingerprint density at radius 2 is 2.03 bits per heavy atom. The Morgan fingerprint density at radius 3 is 2.66 bits per heavy atom. The van der Waals surface area contributed by atoms with Crippen LogP contribution in [0.5, 0.6) is 0 Å². The number of aromatic nitrogens is 5. The second-order valence-electron chi connectivity index (χ2n) is 7.44. The van der Waals surface area contributed by atoms with Crippen molar-refractivity contribution in [2.45, 2.75) is 57.1 Å². The first-order chi connectivity index (χ1) is 15.4. The van der Waals surface area contributed by atoms with Gasteiger partial charge >= 0.3 is 0 Å². The van der Waals surface area contributed by atoms with Crippen LogP contribution in [0.1, 0.15) is 57.0 Å². The lowest BCUT2D eigenvalue weighted by atomic mass is 10.2. The molecule has 0 amide bonds. The van der Waals surface area contributed by atoms with Crippen LogP contribution in [0.4, 0.5) is 5.95 Å². The number of nitrogens with zero attached hydrogens (tertiary/aromatic N) is 5. The molecule has 3 rings (SSSR count). The van der Waals surface area contributed by atoms with Crippen LogP contribution in [0.25, 0.3) is 0 Å². The number of anilines is 1. The minimum absolute atomic E-state index is 0.129. The lowest BCUT2D eigenvalue weighted by Crippen LogP contribution is -2.33. The van der Waals surface area contributed by atoms with Gasteiger partial charge in [-0.15, -0.1) is 10.2 Å². The molecular formula is C19H29ClN6O5S. The molecule has 1 aliphatic heterocycles. The van der Waals surface area contributed by atoms with Crippen molar-refractivity contribution in [1.29, 1.82) is 0 Å². The summed E-state index contributed by atoms with van der Waals surface area (Å²) in [4.78, 5) is 8.20. The minimum atomic E-state index is -3.94. The number of ether oxygens (including phenoxy) is 3. The van der Waals surface area contributed by atoms with Crippen molar-refractivity contribution in [3.05, 3.63) is 29.1 Å². The normalized spacial score (nSPS) is 18.9. The number of halogens is 1. The van der Waals surface area contributed by atoms with Crippen LogP contribution >= 0.6 is 11.6 Å². The van der Waals surface area contributed by atoms with Crippen molar-refractivity contribution < 1.29 is 22.6 Å². The lowest BCUT2D eigenvalue weighted by Gasteiger charge is -2.24. The van der Waals surface area contributed by atoms with E-state index in [1.54, 1.807) is 4.57 Å². The largest absolute Gasteiger partial charge is 0.376 e. The van der Waals surface area contributed by atoms with Gasteiger partial charge in [-0.1, -0.05) is 31.4 Å². The molecule has 1 aliphatic rings. The maximum Gasteiger partial charge on any atom is 0.240 e. The van der Waals surface area contributed by atoms with E-state index in [9.17, 15) is 8.42 Å². The molecule has 0 unspecified atom stereocenters. The first kappa shape index (κ1) is 24.8. The molecule has 1 saturated heterocycles. The van der Waals surface area contributed by atoms with Gasteiger partial charge in [-0.05, 0) is 13.3 Å². The van der Waals surface area contributed by atoms with E-state index in [2.05, 4.69) is 31.8 Å². The van der Waals surface area contributed by atoms with E-state index < -0.39 is 27.5 Å². The third-order valence-corrected chi connectivity index (χ3v) is 7.06. The zero-order chi connectivity index (χ0) is 23.1. The molecule has 32 heavy (non-hydrogen) atoms. The molecule has 11 nitrogen and oxygen atoms in total. The summed E-state index contributed by atoms with van der Waals surface area (Å²) in [5.41, 5.74) is 0. The quantitative estimate of drug-likeness (QED) is 0.474. The molecule has 0 spiro atoms. The van der Waals surface area contributed by atoms with Gasteiger partial charge in [0.25, 0.3) is 0 Å². The Labute approximate surface area is 192 Å². The number of nitrogens with one attached hydrogen (secondary N) is 1. The highest BCUT2D eigenvalue weighted by Crippen LogP contribution is 2.27. The monoisotopic (exact) mass is 488 g/mol. The zero-order valence-corrected chi connectivity index (χ0v) is 20.0. The fourth-order valence-electron chi connectivity index (χ4n) is 3.37. The molecule has 0 saturated carbocycles. The summed E-state index contributed by atoms with van der Waals surface area (Å²) in [6.07, 6.45) is 4.34. The van der Waals surface area contributed by atoms with E-state index in [4.69, 9.17) is 25.8 Å². The summed E-state index contributed by atoms with van der Waals surface area (Å²) >= 11 is 5.84. The SMILES string of the molecule is CCCCCn1c(NS(=O)(=O)[C@@H](C)[C@H](OC)c2ncc(Cl)cn2)nnc1[C@H]1COCCO1. The topological polar surface area (TPSA) is 130 Å². The molecule has 0 radical (unpaired) electrons. The standard InChI is InChI=1S/C19H29ClN6O5S/c1-4-5-6-7-26-18(15-12-30-8-9-31-15)23-24-19(26)25-32(27,28)13(2)16(29-3)17-21-10-14(20)11-22-17/h10-11,13,15-16H,4-9,12H2,1-3H3,(H,24,25)/t13-,15+,16-/m0/s1. The molecule has 1 N–H and O–H groups in total. The van der Waals surface area contributed by atoms with Gasteiger partial charge < -0.3 is 14.2 Å². The van der Waals surface area contributed by atoms with E-state index in [1.165, 1.54) is 26.4 Å². The van der Waals surface area contributed by atoms with Gasteiger partial charge in [0.2, 0.25) is 16.0 Å². The molecule has 0 aliphatic carbocycles. The van der Waals surface area contributed by atoms with Crippen LogP contribution in [0.2, 0.25) is 5.02 Å². The van der Waals surface area contributed by atoms with Crippen molar-refractivity contribution in [1.82, 2.24) is 24.7 Å². The first-order valence-corrected chi connectivity index (χ1v) is 12.4. The molecule has 178 valence electrons. The van der Waals surface area contributed by atoms with Gasteiger partial charge in [0.05, 0.1) is 24.8 Å². The molecule has 2 aromatic rings. The second kappa shape index (κ2) is 11.3. The van der Waals surface area contributed by atoms with Gasteiger partial charge in [-0.2, -0.15) is 0 Å². The molecule has 3 heterocycles. The molecule has 0 aromatic carbocycles. The average Bonchev–Trinajstić information content (AvgIpc) is 3.18. The van der Waals surface area contributed by atoms with E-state index in [0.29, 0.717) is 37.2 Å². The number of methoxy groups -OCH3 is 1. The van der Waals surface area contributed by atoms with Crippen molar-refractivity contribution in [2.24, 2.45) is 0 Å². The maximum absolute atomic E-state index is 13.2. The highest BCUT2D eigenvalue weighted by molar-refractivity contribution is 7.93. The van der Waals surface area contributed by atoms with E-state index in [0.717, 1.165) is 19.3 Å². The summed E-state index contributed by atoms with van der Waals surface area (Å²) in [7, 11) is -2.53. The summed E-state index contributed by atoms with van der Waals surface area (Å²) in [6, 6.07) is 0. The first-order valence-electron chi connectivity index (χ1n) is 10.5. The molecular weight excluding hydrogens is 460 g/mol. The molecule has 1 fully saturated rings. The number of sulfonamides is 1. The fraction of sp³-hybridized carbons (Fsp3) is 0.684. The van der Waals surface area contributed by atoms with Crippen LogP contribution in [0.15, 0.2) is 12.4 Å². The van der Waals surface area contributed by atoms with Gasteiger partial charge in [0.15, 0.2) is 11.6 Å². The van der Waals surface area contributed by atoms with Crippen LogP contribution < -0.4 is 4.72 Å². The third-order valence-electron chi connectivity index (χ3n) is 5.17. The number of unbranched alkanes of at least 4 members (excludes halogenated alkanes) is 2. The van der Waals surface area contributed by atoms with Crippen molar-refractivity contribution in [2.75, 3.05) is 31.7 Å².